The third-order valence-electron chi connectivity index (χ3n) is 4.89. The molecule has 1 aliphatic heterocycles. The molecule has 5 heteroatoms. The summed E-state index contributed by atoms with van der Waals surface area (Å²) < 4.78 is 1.06. The summed E-state index contributed by atoms with van der Waals surface area (Å²) in [6.45, 7) is 5.89. The lowest BCUT2D eigenvalue weighted by atomic mass is 9.98. The number of halogens is 1. The third-order valence-corrected chi connectivity index (χ3v) is 6.06. The van der Waals surface area contributed by atoms with Crippen molar-refractivity contribution in [2.24, 2.45) is 5.92 Å². The SMILES string of the molecule is Cc1ccc(C(=O)Nc2ccc(C(=O)N3CCC(C)CC3)cc2)cc1I. The second kappa shape index (κ2) is 8.20. The molecule has 0 radical (unpaired) electrons. The van der Waals surface area contributed by atoms with Crippen LogP contribution in [-0.2, 0) is 0 Å². The number of hydrogen-bond acceptors (Lipinski definition) is 2. The van der Waals surface area contributed by atoms with Gasteiger partial charge in [-0.25, -0.2) is 0 Å². The van der Waals surface area contributed by atoms with Crippen LogP contribution in [0.15, 0.2) is 42.5 Å². The van der Waals surface area contributed by atoms with E-state index in [-0.39, 0.29) is 11.8 Å². The average Bonchev–Trinajstić information content (AvgIpc) is 2.64. The van der Waals surface area contributed by atoms with Crippen LogP contribution in [0, 0.1) is 16.4 Å². The van der Waals surface area contributed by atoms with Crippen LogP contribution < -0.4 is 5.32 Å². The number of rotatable bonds is 3. The van der Waals surface area contributed by atoms with Crippen LogP contribution in [0.5, 0.6) is 0 Å². The average molecular weight is 462 g/mol. The van der Waals surface area contributed by atoms with Crippen molar-refractivity contribution in [3.8, 4) is 0 Å². The van der Waals surface area contributed by atoms with Gasteiger partial charge in [0.25, 0.3) is 11.8 Å². The highest BCUT2D eigenvalue weighted by Gasteiger charge is 2.21. The quantitative estimate of drug-likeness (QED) is 0.671. The standard InChI is InChI=1S/C21H23IN2O2/c1-14-9-11-24(12-10-14)21(26)16-5-7-18(8-6-16)23-20(25)17-4-3-15(2)19(22)13-17/h3-8,13-14H,9-12H2,1-2H3,(H,23,25). The van der Waals surface area contributed by atoms with E-state index in [1.54, 1.807) is 24.3 Å². The van der Waals surface area contributed by atoms with Crippen LogP contribution >= 0.6 is 22.6 Å². The monoisotopic (exact) mass is 462 g/mol. The van der Waals surface area contributed by atoms with Gasteiger partial charge in [0.2, 0.25) is 0 Å². The predicted octanol–water partition coefficient (Wildman–Crippen LogP) is 4.72. The van der Waals surface area contributed by atoms with Gasteiger partial charge in [0.05, 0.1) is 0 Å². The Labute approximate surface area is 168 Å². The second-order valence-corrected chi connectivity index (χ2v) is 8.13. The Morgan fingerprint density at radius 3 is 2.27 bits per heavy atom. The molecule has 1 N–H and O–H groups in total. The first-order chi connectivity index (χ1) is 12.4. The zero-order chi connectivity index (χ0) is 18.7. The molecule has 3 rings (SSSR count). The molecule has 0 atom stereocenters. The number of likely N-dealkylation sites (tertiary alicyclic amines) is 1. The second-order valence-electron chi connectivity index (χ2n) is 6.97. The largest absolute Gasteiger partial charge is 0.339 e. The minimum Gasteiger partial charge on any atom is -0.339 e. The van der Waals surface area contributed by atoms with E-state index in [0.29, 0.717) is 22.7 Å². The lowest BCUT2D eigenvalue weighted by Gasteiger charge is -2.30. The molecular formula is C21H23IN2O2. The van der Waals surface area contributed by atoms with Crippen LogP contribution in [0.1, 0.15) is 46.0 Å². The van der Waals surface area contributed by atoms with Crippen LogP contribution in [0.4, 0.5) is 5.69 Å². The van der Waals surface area contributed by atoms with Crippen LogP contribution in [0.3, 0.4) is 0 Å². The highest BCUT2D eigenvalue weighted by atomic mass is 127. The van der Waals surface area contributed by atoms with Gasteiger partial charge in [-0.2, -0.15) is 0 Å². The van der Waals surface area contributed by atoms with Crippen molar-refractivity contribution in [3.63, 3.8) is 0 Å². The number of piperidine rings is 1. The van der Waals surface area contributed by atoms with Gasteiger partial charge in [0, 0.05) is 33.5 Å². The van der Waals surface area contributed by atoms with Crippen LogP contribution in [0.25, 0.3) is 0 Å². The smallest absolute Gasteiger partial charge is 0.255 e. The van der Waals surface area contributed by atoms with E-state index in [0.717, 1.165) is 35.1 Å². The molecule has 0 aromatic heterocycles. The van der Waals surface area contributed by atoms with Crippen LogP contribution in [-0.4, -0.2) is 29.8 Å². The van der Waals surface area contributed by atoms with Gasteiger partial charge in [0.1, 0.15) is 0 Å². The van der Waals surface area contributed by atoms with Crippen molar-refractivity contribution in [2.45, 2.75) is 26.7 Å². The number of nitrogens with zero attached hydrogens (tertiary/aromatic N) is 1. The van der Waals surface area contributed by atoms with Crippen LogP contribution in [0.2, 0.25) is 0 Å². The zero-order valence-corrected chi connectivity index (χ0v) is 17.2. The van der Waals surface area contributed by atoms with E-state index in [2.05, 4.69) is 34.8 Å². The fraction of sp³-hybridized carbons (Fsp3) is 0.333. The van der Waals surface area contributed by atoms with Gasteiger partial charge < -0.3 is 10.2 Å². The molecule has 2 aromatic rings. The Morgan fingerprint density at radius 2 is 1.65 bits per heavy atom. The highest BCUT2D eigenvalue weighted by Crippen LogP contribution is 2.20. The maximum atomic E-state index is 12.6. The topological polar surface area (TPSA) is 49.4 Å². The first-order valence-electron chi connectivity index (χ1n) is 8.91. The molecule has 2 aromatic carbocycles. The normalized spacial score (nSPS) is 15.0. The number of aryl methyl sites for hydroxylation is 1. The van der Waals surface area contributed by atoms with E-state index in [9.17, 15) is 9.59 Å². The molecule has 1 aliphatic rings. The summed E-state index contributed by atoms with van der Waals surface area (Å²) in [5.74, 6) is 0.622. The summed E-state index contributed by atoms with van der Waals surface area (Å²) in [5, 5.41) is 2.89. The number of carbonyl (C=O) groups is 2. The first kappa shape index (κ1) is 18.9. The summed E-state index contributed by atoms with van der Waals surface area (Å²) in [6.07, 6.45) is 2.13. The third kappa shape index (κ3) is 4.44. The maximum absolute atomic E-state index is 12.6. The summed E-state index contributed by atoms with van der Waals surface area (Å²) in [4.78, 5) is 26.9. The molecule has 2 amide bonds. The number of anilines is 1. The number of hydrogen-bond donors (Lipinski definition) is 1. The molecule has 0 spiro atoms. The summed E-state index contributed by atoms with van der Waals surface area (Å²) in [5.41, 5.74) is 3.14. The predicted molar refractivity (Wildman–Crippen MR) is 113 cm³/mol. The molecule has 26 heavy (non-hydrogen) atoms. The van der Waals surface area contributed by atoms with Gasteiger partial charge >= 0.3 is 0 Å². The fourth-order valence-corrected chi connectivity index (χ4v) is 3.54. The Kier molecular flexibility index (Phi) is 5.96. The van der Waals surface area contributed by atoms with Gasteiger partial charge in [-0.1, -0.05) is 13.0 Å². The molecule has 136 valence electrons. The lowest BCUT2D eigenvalue weighted by molar-refractivity contribution is 0.0697. The summed E-state index contributed by atoms with van der Waals surface area (Å²) in [6, 6.07) is 12.8. The maximum Gasteiger partial charge on any atom is 0.255 e. The molecule has 1 saturated heterocycles. The van der Waals surface area contributed by atoms with Crippen molar-refractivity contribution in [1.82, 2.24) is 4.90 Å². The Morgan fingerprint density at radius 1 is 1.04 bits per heavy atom. The Bertz CT molecular complexity index is 809. The molecule has 0 unspecified atom stereocenters. The van der Waals surface area contributed by atoms with E-state index in [1.165, 1.54) is 0 Å². The molecule has 1 heterocycles. The number of carbonyl (C=O) groups excluding carboxylic acids is 2. The van der Waals surface area contributed by atoms with E-state index in [4.69, 9.17) is 0 Å². The number of amides is 2. The minimum atomic E-state index is -0.146. The molecule has 4 nitrogen and oxygen atoms in total. The van der Waals surface area contributed by atoms with E-state index in [1.807, 2.05) is 30.0 Å². The molecule has 1 fully saturated rings. The van der Waals surface area contributed by atoms with Gasteiger partial charge in [-0.3, -0.25) is 9.59 Å². The van der Waals surface area contributed by atoms with Crippen molar-refractivity contribution in [3.05, 3.63) is 62.7 Å². The van der Waals surface area contributed by atoms with Crippen molar-refractivity contribution < 1.29 is 9.59 Å². The Balaban J connectivity index is 1.64. The Hall–Kier alpha value is -1.89. The van der Waals surface area contributed by atoms with E-state index < -0.39 is 0 Å². The highest BCUT2D eigenvalue weighted by molar-refractivity contribution is 14.1. The molecule has 0 saturated carbocycles. The van der Waals surface area contributed by atoms with Crippen molar-refractivity contribution in [1.29, 1.82) is 0 Å². The molecule has 0 aliphatic carbocycles. The first-order valence-corrected chi connectivity index (χ1v) is 9.99. The zero-order valence-electron chi connectivity index (χ0n) is 15.1. The molecule has 0 bridgehead atoms. The molecular weight excluding hydrogens is 439 g/mol. The van der Waals surface area contributed by atoms with Gasteiger partial charge in [-0.15, -0.1) is 0 Å². The number of benzene rings is 2. The number of nitrogens with one attached hydrogen (secondary N) is 1. The fourth-order valence-electron chi connectivity index (χ4n) is 3.03. The van der Waals surface area contributed by atoms with Gasteiger partial charge in [-0.05, 0) is 90.2 Å². The van der Waals surface area contributed by atoms with Crippen molar-refractivity contribution in [2.75, 3.05) is 18.4 Å². The summed E-state index contributed by atoms with van der Waals surface area (Å²) in [7, 11) is 0. The van der Waals surface area contributed by atoms with Crippen molar-refractivity contribution >= 4 is 40.1 Å². The van der Waals surface area contributed by atoms with E-state index >= 15 is 0 Å². The van der Waals surface area contributed by atoms with Gasteiger partial charge in [0.15, 0.2) is 0 Å². The minimum absolute atomic E-state index is 0.0721. The summed E-state index contributed by atoms with van der Waals surface area (Å²) >= 11 is 2.23. The lowest BCUT2D eigenvalue weighted by Crippen LogP contribution is -2.37.